The lowest BCUT2D eigenvalue weighted by atomic mass is 9.96. The first-order valence-electron chi connectivity index (χ1n) is 12.5. The third-order valence-corrected chi connectivity index (χ3v) is 8.37. The highest BCUT2D eigenvalue weighted by Gasteiger charge is 2.42. The summed E-state index contributed by atoms with van der Waals surface area (Å²) in [6, 6.07) is 12.0. The number of hydrogen-bond donors (Lipinski definition) is 1. The zero-order valence-electron chi connectivity index (χ0n) is 20.4. The number of anilines is 1. The Hall–Kier alpha value is -2.72. The number of carbonyl (C=O) groups excluding carboxylic acids is 1. The predicted octanol–water partition coefficient (Wildman–Crippen LogP) is 5.64. The van der Waals surface area contributed by atoms with Crippen LogP contribution in [0.4, 0.5) is 5.69 Å². The van der Waals surface area contributed by atoms with Gasteiger partial charge in [-0.05, 0) is 65.1 Å². The maximum absolute atomic E-state index is 13.7. The second-order valence-electron chi connectivity index (χ2n) is 9.66. The van der Waals surface area contributed by atoms with Gasteiger partial charge in [-0.25, -0.2) is 4.98 Å². The lowest BCUT2D eigenvalue weighted by Crippen LogP contribution is -2.37. The number of fused-ring (bicyclic) bond motifs is 4. The molecule has 37 heavy (non-hydrogen) atoms. The third kappa shape index (κ3) is 4.69. The minimum absolute atomic E-state index is 0.0615. The van der Waals surface area contributed by atoms with E-state index in [-0.39, 0.29) is 18.1 Å². The number of nitrogens with zero attached hydrogens (tertiary/aromatic N) is 2. The second kappa shape index (κ2) is 10.2. The van der Waals surface area contributed by atoms with Crippen LogP contribution < -0.4 is 19.5 Å². The number of hydrogen-bond acceptors (Lipinski definition) is 6. The van der Waals surface area contributed by atoms with Crippen LogP contribution in [0, 0.1) is 10.5 Å². The molecule has 7 nitrogen and oxygen atoms in total. The minimum Gasteiger partial charge on any atom is -0.492 e. The molecule has 0 radical (unpaired) electrons. The van der Waals surface area contributed by atoms with Crippen molar-refractivity contribution < 1.29 is 19.0 Å². The molecule has 3 aliphatic rings. The number of amides is 1. The number of aromatic nitrogens is 1. The molecule has 2 aromatic carbocycles. The van der Waals surface area contributed by atoms with E-state index >= 15 is 0 Å². The molecule has 0 spiro atoms. The van der Waals surface area contributed by atoms with Gasteiger partial charge in [0.05, 0.1) is 28.5 Å². The summed E-state index contributed by atoms with van der Waals surface area (Å²) in [5.74, 6) is 1.61. The Labute approximate surface area is 234 Å². The van der Waals surface area contributed by atoms with Crippen LogP contribution in [0.2, 0.25) is 5.02 Å². The van der Waals surface area contributed by atoms with Crippen LogP contribution in [0.1, 0.15) is 39.9 Å². The van der Waals surface area contributed by atoms with E-state index in [4.69, 9.17) is 25.8 Å². The van der Waals surface area contributed by atoms with Gasteiger partial charge in [-0.2, -0.15) is 0 Å². The van der Waals surface area contributed by atoms with Gasteiger partial charge in [-0.1, -0.05) is 41.9 Å². The predicted molar refractivity (Wildman–Crippen MR) is 150 cm³/mol. The molecule has 0 aliphatic carbocycles. The van der Waals surface area contributed by atoms with Crippen LogP contribution in [0.25, 0.3) is 0 Å². The SMILES string of the molecule is Cc1cc2c(c3c1CCCO3)C(=O)N1C[C@@H](Oc3ncc(I)c(NCc4ccccc4)c3Cl)C[C@@H]1CO2. The molecule has 1 amide bonds. The summed E-state index contributed by atoms with van der Waals surface area (Å²) in [6.45, 7) is 4.15. The molecule has 1 saturated heterocycles. The fraction of sp³-hybridized carbons (Fsp3) is 0.357. The summed E-state index contributed by atoms with van der Waals surface area (Å²) >= 11 is 8.97. The monoisotopic (exact) mass is 631 g/mol. The number of ether oxygens (including phenoxy) is 3. The second-order valence-corrected chi connectivity index (χ2v) is 11.2. The zero-order valence-corrected chi connectivity index (χ0v) is 23.3. The number of benzene rings is 2. The van der Waals surface area contributed by atoms with Gasteiger partial charge in [0.1, 0.15) is 34.8 Å². The quantitative estimate of drug-likeness (QED) is 0.368. The molecular formula is C28H27ClIN3O4. The van der Waals surface area contributed by atoms with E-state index in [2.05, 4.69) is 51.9 Å². The average molecular weight is 632 g/mol. The van der Waals surface area contributed by atoms with Crippen molar-refractivity contribution in [1.82, 2.24) is 9.88 Å². The van der Waals surface area contributed by atoms with E-state index in [0.717, 1.165) is 38.8 Å². The number of rotatable bonds is 5. The number of pyridine rings is 1. The molecule has 2 atom stereocenters. The van der Waals surface area contributed by atoms with E-state index in [1.807, 2.05) is 29.2 Å². The van der Waals surface area contributed by atoms with Gasteiger partial charge in [0.2, 0.25) is 5.88 Å². The Morgan fingerprint density at radius 3 is 2.95 bits per heavy atom. The third-order valence-electron chi connectivity index (χ3n) is 7.20. The molecule has 1 N–H and O–H groups in total. The molecule has 3 aromatic rings. The molecule has 6 rings (SSSR count). The Bertz CT molecular complexity index is 1350. The van der Waals surface area contributed by atoms with Crippen molar-refractivity contribution in [3.63, 3.8) is 0 Å². The largest absolute Gasteiger partial charge is 0.492 e. The molecule has 1 aromatic heterocycles. The first kappa shape index (κ1) is 24.6. The number of halogens is 2. The fourth-order valence-electron chi connectivity index (χ4n) is 5.34. The van der Waals surface area contributed by atoms with Gasteiger partial charge >= 0.3 is 0 Å². The molecule has 0 unspecified atom stereocenters. The zero-order chi connectivity index (χ0) is 25.5. The summed E-state index contributed by atoms with van der Waals surface area (Å²) in [5, 5.41) is 3.86. The van der Waals surface area contributed by atoms with Crippen LogP contribution in [0.15, 0.2) is 42.6 Å². The van der Waals surface area contributed by atoms with E-state index in [1.54, 1.807) is 6.20 Å². The highest BCUT2D eigenvalue weighted by atomic mass is 127. The Morgan fingerprint density at radius 1 is 1.27 bits per heavy atom. The normalized spacial score (nSPS) is 20.2. The van der Waals surface area contributed by atoms with Crippen LogP contribution in [0.5, 0.6) is 17.4 Å². The van der Waals surface area contributed by atoms with Crippen molar-refractivity contribution in [2.24, 2.45) is 0 Å². The van der Waals surface area contributed by atoms with Crippen molar-refractivity contribution in [3.8, 4) is 17.4 Å². The smallest absolute Gasteiger partial charge is 0.261 e. The maximum Gasteiger partial charge on any atom is 0.261 e. The Morgan fingerprint density at radius 2 is 2.11 bits per heavy atom. The molecule has 1 fully saturated rings. The lowest BCUT2D eigenvalue weighted by Gasteiger charge is -2.25. The van der Waals surface area contributed by atoms with Crippen molar-refractivity contribution in [1.29, 1.82) is 0 Å². The van der Waals surface area contributed by atoms with Gasteiger partial charge < -0.3 is 24.4 Å². The molecular weight excluding hydrogens is 605 g/mol. The summed E-state index contributed by atoms with van der Waals surface area (Å²) in [6.07, 6.45) is 4.01. The highest BCUT2D eigenvalue weighted by Crippen LogP contribution is 2.42. The standard InChI is InChI=1S/C28H27ClIN3O4/c1-16-10-22-23(26-20(16)8-5-9-35-26)28(34)33-14-19(11-18(33)15-36-22)37-27-24(29)25(21(30)13-32-27)31-12-17-6-3-2-4-7-17/h2-4,6-7,10,13,18-19H,5,8-9,11-12,14-15H2,1H3,(H,31,32)/t18-,19+/m1/s1. The van der Waals surface area contributed by atoms with Gasteiger partial charge in [0.25, 0.3) is 5.91 Å². The summed E-state index contributed by atoms with van der Waals surface area (Å²) in [5.41, 5.74) is 4.70. The summed E-state index contributed by atoms with van der Waals surface area (Å²) in [4.78, 5) is 20.1. The van der Waals surface area contributed by atoms with Crippen LogP contribution >= 0.6 is 34.2 Å². The molecule has 0 saturated carbocycles. The van der Waals surface area contributed by atoms with Gasteiger partial charge in [-0.15, -0.1) is 0 Å². The number of nitrogens with one attached hydrogen (secondary N) is 1. The van der Waals surface area contributed by atoms with Crippen molar-refractivity contribution >= 4 is 45.8 Å². The van der Waals surface area contributed by atoms with Crippen LogP contribution in [-0.4, -0.2) is 47.7 Å². The maximum atomic E-state index is 13.7. The number of carbonyl (C=O) groups is 1. The number of aryl methyl sites for hydroxylation is 1. The van der Waals surface area contributed by atoms with E-state index in [0.29, 0.717) is 60.7 Å². The first-order valence-corrected chi connectivity index (χ1v) is 14.0. The van der Waals surface area contributed by atoms with Gasteiger partial charge in [-0.3, -0.25) is 4.79 Å². The minimum atomic E-state index is -0.242. The van der Waals surface area contributed by atoms with E-state index < -0.39 is 0 Å². The molecule has 192 valence electrons. The van der Waals surface area contributed by atoms with Gasteiger partial charge in [0.15, 0.2) is 0 Å². The summed E-state index contributed by atoms with van der Waals surface area (Å²) < 4.78 is 19.4. The fourth-order valence-corrected chi connectivity index (χ4v) is 6.36. The summed E-state index contributed by atoms with van der Waals surface area (Å²) in [7, 11) is 0. The van der Waals surface area contributed by atoms with Gasteiger partial charge in [0, 0.05) is 19.2 Å². The highest BCUT2D eigenvalue weighted by molar-refractivity contribution is 14.1. The first-order chi connectivity index (χ1) is 18.0. The Balaban J connectivity index is 1.21. The molecule has 9 heteroatoms. The van der Waals surface area contributed by atoms with Crippen LogP contribution in [0.3, 0.4) is 0 Å². The molecule has 3 aliphatic heterocycles. The van der Waals surface area contributed by atoms with Crippen LogP contribution in [-0.2, 0) is 13.0 Å². The lowest BCUT2D eigenvalue weighted by molar-refractivity contribution is 0.0709. The van der Waals surface area contributed by atoms with E-state index in [1.165, 1.54) is 0 Å². The topological polar surface area (TPSA) is 72.9 Å². The van der Waals surface area contributed by atoms with Crippen molar-refractivity contribution in [3.05, 3.63) is 73.4 Å². The average Bonchev–Trinajstić information content (AvgIpc) is 3.27. The van der Waals surface area contributed by atoms with E-state index in [9.17, 15) is 4.79 Å². The van der Waals surface area contributed by atoms with Crippen molar-refractivity contribution in [2.45, 2.75) is 44.9 Å². The molecule has 4 heterocycles. The Kier molecular flexibility index (Phi) is 6.79. The molecule has 0 bridgehead atoms. The van der Waals surface area contributed by atoms with Crippen molar-refractivity contribution in [2.75, 3.05) is 25.1 Å².